The van der Waals surface area contributed by atoms with Crippen LogP contribution in [0.4, 0.5) is 4.79 Å². The van der Waals surface area contributed by atoms with Crippen LogP contribution < -0.4 is 15.4 Å². The molecular formula is C20H25N3O4. The third-order valence-corrected chi connectivity index (χ3v) is 6.10. The largest absolute Gasteiger partial charge is 0.493 e. The molecule has 1 aromatic rings. The molecule has 3 aliphatic rings. The van der Waals surface area contributed by atoms with E-state index in [1.807, 2.05) is 31.2 Å². The Bertz CT molecular complexity index is 780. The van der Waals surface area contributed by atoms with E-state index in [9.17, 15) is 14.4 Å². The van der Waals surface area contributed by atoms with Crippen LogP contribution in [0.1, 0.15) is 50.6 Å². The van der Waals surface area contributed by atoms with Crippen LogP contribution in [0.25, 0.3) is 0 Å². The normalized spacial score (nSPS) is 29.9. The molecule has 4 rings (SSSR count). The van der Waals surface area contributed by atoms with E-state index < -0.39 is 11.6 Å². The number of imide groups is 1. The van der Waals surface area contributed by atoms with Crippen LogP contribution in [0, 0.1) is 5.92 Å². The molecule has 1 aliphatic carbocycles. The molecule has 0 radical (unpaired) electrons. The summed E-state index contributed by atoms with van der Waals surface area (Å²) in [4.78, 5) is 39.1. The average Bonchev–Trinajstić information content (AvgIpc) is 2.89. The number of amides is 4. The van der Waals surface area contributed by atoms with Gasteiger partial charge in [-0.25, -0.2) is 4.79 Å². The third-order valence-electron chi connectivity index (χ3n) is 6.10. The summed E-state index contributed by atoms with van der Waals surface area (Å²) in [6.07, 6.45) is 4.18. The highest BCUT2D eigenvalue weighted by atomic mass is 16.5. The van der Waals surface area contributed by atoms with Crippen molar-refractivity contribution in [2.24, 2.45) is 5.92 Å². The van der Waals surface area contributed by atoms with Crippen molar-refractivity contribution in [2.75, 3.05) is 13.2 Å². The fourth-order valence-electron chi connectivity index (χ4n) is 4.51. The molecular weight excluding hydrogens is 346 g/mol. The second kappa shape index (κ2) is 6.87. The fraction of sp³-hybridized carbons (Fsp3) is 0.550. The standard InChI is InChI=1S/C20H25N3O4/c1-13-6-4-5-10-20(13)18(25)23(19(26)22-20)12-17(24)21-15-9-11-27-16-8-3-2-7-14(15)16/h2-3,7-8,13,15H,4-6,9-12H2,1H3,(H,21,24)(H,22,26)/t13-,15+,20-/m1/s1. The number of carbonyl (C=O) groups is 3. The highest BCUT2D eigenvalue weighted by Crippen LogP contribution is 2.38. The number of carbonyl (C=O) groups excluding carboxylic acids is 3. The topological polar surface area (TPSA) is 87.7 Å². The van der Waals surface area contributed by atoms with E-state index in [4.69, 9.17) is 4.74 Å². The Morgan fingerprint density at radius 3 is 2.93 bits per heavy atom. The van der Waals surface area contributed by atoms with Crippen LogP contribution in [0.5, 0.6) is 5.75 Å². The first-order chi connectivity index (χ1) is 13.0. The van der Waals surface area contributed by atoms with Crippen LogP contribution >= 0.6 is 0 Å². The Labute approximate surface area is 158 Å². The molecule has 4 amide bonds. The molecule has 1 spiro atoms. The Hall–Kier alpha value is -2.57. The van der Waals surface area contributed by atoms with Gasteiger partial charge in [-0.05, 0) is 24.8 Å². The maximum absolute atomic E-state index is 13.0. The maximum atomic E-state index is 13.0. The summed E-state index contributed by atoms with van der Waals surface area (Å²) >= 11 is 0. The zero-order chi connectivity index (χ0) is 19.0. The number of urea groups is 1. The molecule has 1 saturated carbocycles. The summed E-state index contributed by atoms with van der Waals surface area (Å²) in [6.45, 7) is 2.27. The van der Waals surface area contributed by atoms with E-state index in [1.54, 1.807) is 0 Å². The SMILES string of the molecule is C[C@@H]1CCCC[C@@]12NC(=O)N(CC(=O)N[C@H]1CCOc3ccccc31)C2=O. The van der Waals surface area contributed by atoms with Crippen LogP contribution in [-0.4, -0.2) is 41.4 Å². The lowest BCUT2D eigenvalue weighted by Gasteiger charge is -2.36. The van der Waals surface area contributed by atoms with E-state index in [-0.39, 0.29) is 30.3 Å². The quantitative estimate of drug-likeness (QED) is 0.797. The van der Waals surface area contributed by atoms with E-state index in [0.29, 0.717) is 19.4 Å². The van der Waals surface area contributed by atoms with Gasteiger partial charge in [-0.1, -0.05) is 38.0 Å². The first-order valence-electron chi connectivity index (χ1n) is 9.66. The molecule has 1 saturated heterocycles. The lowest BCUT2D eigenvalue weighted by atomic mass is 9.73. The molecule has 144 valence electrons. The van der Waals surface area contributed by atoms with Gasteiger partial charge in [-0.15, -0.1) is 0 Å². The minimum Gasteiger partial charge on any atom is -0.493 e. The van der Waals surface area contributed by atoms with E-state index >= 15 is 0 Å². The number of nitrogens with zero attached hydrogens (tertiary/aromatic N) is 1. The summed E-state index contributed by atoms with van der Waals surface area (Å²) in [6, 6.07) is 6.95. The number of para-hydroxylation sites is 1. The van der Waals surface area contributed by atoms with Crippen molar-refractivity contribution in [1.29, 1.82) is 0 Å². The predicted octanol–water partition coefficient (Wildman–Crippen LogP) is 2.13. The second-order valence-corrected chi connectivity index (χ2v) is 7.73. The van der Waals surface area contributed by atoms with Crippen molar-refractivity contribution in [3.63, 3.8) is 0 Å². The van der Waals surface area contributed by atoms with Crippen LogP contribution in [0.15, 0.2) is 24.3 Å². The maximum Gasteiger partial charge on any atom is 0.325 e. The number of hydrogen-bond donors (Lipinski definition) is 2. The number of rotatable bonds is 3. The Balaban J connectivity index is 1.44. The van der Waals surface area contributed by atoms with Crippen molar-refractivity contribution in [3.05, 3.63) is 29.8 Å². The van der Waals surface area contributed by atoms with Crippen molar-refractivity contribution < 1.29 is 19.1 Å². The molecule has 0 bridgehead atoms. The molecule has 2 aliphatic heterocycles. The van der Waals surface area contributed by atoms with E-state index in [0.717, 1.165) is 35.5 Å². The summed E-state index contributed by atoms with van der Waals surface area (Å²) in [7, 11) is 0. The summed E-state index contributed by atoms with van der Waals surface area (Å²) in [5, 5.41) is 5.83. The smallest absolute Gasteiger partial charge is 0.325 e. The molecule has 0 unspecified atom stereocenters. The van der Waals surface area contributed by atoms with Gasteiger partial charge in [0.05, 0.1) is 12.6 Å². The van der Waals surface area contributed by atoms with Crippen molar-refractivity contribution in [3.8, 4) is 5.75 Å². The predicted molar refractivity (Wildman–Crippen MR) is 98.0 cm³/mol. The van der Waals surface area contributed by atoms with Gasteiger partial charge in [0, 0.05) is 12.0 Å². The fourth-order valence-corrected chi connectivity index (χ4v) is 4.51. The average molecular weight is 371 g/mol. The van der Waals surface area contributed by atoms with Crippen molar-refractivity contribution in [1.82, 2.24) is 15.5 Å². The number of hydrogen-bond acceptors (Lipinski definition) is 4. The minimum atomic E-state index is -0.832. The van der Waals surface area contributed by atoms with Crippen molar-refractivity contribution >= 4 is 17.8 Å². The molecule has 2 heterocycles. The second-order valence-electron chi connectivity index (χ2n) is 7.73. The van der Waals surface area contributed by atoms with Crippen LogP contribution in [0.3, 0.4) is 0 Å². The monoisotopic (exact) mass is 371 g/mol. The van der Waals surface area contributed by atoms with Crippen LogP contribution in [0.2, 0.25) is 0 Å². The van der Waals surface area contributed by atoms with Gasteiger partial charge in [0.25, 0.3) is 5.91 Å². The lowest BCUT2D eigenvalue weighted by molar-refractivity contribution is -0.137. The molecule has 3 atom stereocenters. The molecule has 0 aromatic heterocycles. The highest BCUT2D eigenvalue weighted by Gasteiger charge is 2.55. The molecule has 7 heteroatoms. The zero-order valence-corrected chi connectivity index (χ0v) is 15.5. The van der Waals surface area contributed by atoms with Gasteiger partial charge in [0.15, 0.2) is 0 Å². The Morgan fingerprint density at radius 2 is 2.11 bits per heavy atom. The summed E-state index contributed by atoms with van der Waals surface area (Å²) in [5.41, 5.74) is 0.0904. The third kappa shape index (κ3) is 3.05. The molecule has 1 aromatic carbocycles. The lowest BCUT2D eigenvalue weighted by Crippen LogP contribution is -2.54. The van der Waals surface area contributed by atoms with Gasteiger partial charge < -0.3 is 15.4 Å². The minimum absolute atomic E-state index is 0.0816. The summed E-state index contributed by atoms with van der Waals surface area (Å²) < 4.78 is 5.61. The molecule has 2 fully saturated rings. The van der Waals surface area contributed by atoms with Gasteiger partial charge >= 0.3 is 6.03 Å². The number of nitrogens with one attached hydrogen (secondary N) is 2. The molecule has 2 N–H and O–H groups in total. The molecule has 7 nitrogen and oxygen atoms in total. The van der Waals surface area contributed by atoms with Crippen LogP contribution in [-0.2, 0) is 9.59 Å². The van der Waals surface area contributed by atoms with Gasteiger partial charge in [0.1, 0.15) is 17.8 Å². The van der Waals surface area contributed by atoms with Gasteiger partial charge in [0.2, 0.25) is 5.91 Å². The first-order valence-corrected chi connectivity index (χ1v) is 9.66. The Morgan fingerprint density at radius 1 is 1.30 bits per heavy atom. The Kier molecular flexibility index (Phi) is 4.53. The van der Waals surface area contributed by atoms with E-state index in [2.05, 4.69) is 10.6 Å². The number of ether oxygens (including phenoxy) is 1. The number of benzene rings is 1. The molecule has 27 heavy (non-hydrogen) atoms. The highest BCUT2D eigenvalue weighted by molar-refractivity contribution is 6.09. The first kappa shape index (κ1) is 17.8. The zero-order valence-electron chi connectivity index (χ0n) is 15.5. The number of fused-ring (bicyclic) bond motifs is 1. The van der Waals surface area contributed by atoms with Gasteiger partial charge in [-0.2, -0.15) is 0 Å². The summed E-state index contributed by atoms with van der Waals surface area (Å²) in [5.74, 6) is 0.250. The van der Waals surface area contributed by atoms with Crippen molar-refractivity contribution in [2.45, 2.75) is 50.6 Å². The van der Waals surface area contributed by atoms with E-state index in [1.165, 1.54) is 0 Å². The van der Waals surface area contributed by atoms with Gasteiger partial charge in [-0.3, -0.25) is 14.5 Å².